The first-order valence-electron chi connectivity index (χ1n) is 13.2. The largest absolute Gasteiger partial charge is 0.369 e. The van der Waals surface area contributed by atoms with Crippen molar-refractivity contribution in [3.8, 4) is 0 Å². The Bertz CT molecular complexity index is 1390. The van der Waals surface area contributed by atoms with Crippen LogP contribution in [0.1, 0.15) is 51.3 Å². The van der Waals surface area contributed by atoms with Crippen LogP contribution in [0.3, 0.4) is 0 Å². The van der Waals surface area contributed by atoms with Crippen molar-refractivity contribution >= 4 is 39.1 Å². The molecule has 6 rings (SSSR count). The Morgan fingerprint density at radius 1 is 1.00 bits per heavy atom. The van der Waals surface area contributed by atoms with Crippen molar-refractivity contribution in [1.82, 2.24) is 25.5 Å². The molecular formula is C29H32N6O2S. The summed E-state index contributed by atoms with van der Waals surface area (Å²) in [6.45, 7) is 3.98. The Morgan fingerprint density at radius 2 is 1.71 bits per heavy atom. The van der Waals surface area contributed by atoms with Crippen LogP contribution in [0.2, 0.25) is 0 Å². The van der Waals surface area contributed by atoms with Gasteiger partial charge in [0.25, 0.3) is 11.8 Å². The summed E-state index contributed by atoms with van der Waals surface area (Å²) >= 11 is 1.36. The number of carbonyl (C=O) groups excluding carboxylic acids is 2. The maximum absolute atomic E-state index is 14.1. The minimum atomic E-state index is -0.607. The van der Waals surface area contributed by atoms with Gasteiger partial charge in [-0.1, -0.05) is 43.2 Å². The quantitative estimate of drug-likeness (QED) is 0.369. The van der Waals surface area contributed by atoms with Gasteiger partial charge in [-0.2, -0.15) is 5.10 Å². The molecule has 8 nitrogen and oxygen atoms in total. The highest BCUT2D eigenvalue weighted by Gasteiger charge is 2.45. The van der Waals surface area contributed by atoms with E-state index in [-0.39, 0.29) is 11.8 Å². The van der Waals surface area contributed by atoms with E-state index in [0.717, 1.165) is 73.3 Å². The fourth-order valence-electron chi connectivity index (χ4n) is 5.72. The second-order valence-corrected chi connectivity index (χ2v) is 11.3. The number of nitrogens with zero attached hydrogens (tertiary/aromatic N) is 4. The van der Waals surface area contributed by atoms with E-state index in [1.54, 1.807) is 11.2 Å². The van der Waals surface area contributed by atoms with E-state index in [4.69, 9.17) is 0 Å². The van der Waals surface area contributed by atoms with Crippen LogP contribution < -0.4 is 10.3 Å². The van der Waals surface area contributed by atoms with Crippen molar-refractivity contribution in [3.05, 3.63) is 82.9 Å². The molecule has 2 aromatic heterocycles. The molecule has 3 heterocycles. The summed E-state index contributed by atoms with van der Waals surface area (Å²) in [4.78, 5) is 33.8. The highest BCUT2D eigenvalue weighted by Crippen LogP contribution is 2.44. The monoisotopic (exact) mass is 528 g/mol. The molecule has 2 aromatic carbocycles. The van der Waals surface area contributed by atoms with Crippen LogP contribution in [0, 0.1) is 0 Å². The van der Waals surface area contributed by atoms with Crippen molar-refractivity contribution in [2.45, 2.75) is 31.2 Å². The van der Waals surface area contributed by atoms with Gasteiger partial charge in [-0.05, 0) is 55.8 Å². The summed E-state index contributed by atoms with van der Waals surface area (Å²) in [5, 5.41) is 9.52. The van der Waals surface area contributed by atoms with Crippen molar-refractivity contribution < 1.29 is 9.59 Å². The Morgan fingerprint density at radius 3 is 2.39 bits per heavy atom. The maximum Gasteiger partial charge on any atom is 0.283 e. The lowest BCUT2D eigenvalue weighted by molar-refractivity contribution is 0.0226. The fraction of sp³-hybridized carbons (Fsp3) is 0.345. The van der Waals surface area contributed by atoms with Crippen LogP contribution in [0.15, 0.2) is 66.9 Å². The van der Waals surface area contributed by atoms with Crippen LogP contribution in [-0.2, 0) is 5.54 Å². The molecule has 0 bridgehead atoms. The van der Waals surface area contributed by atoms with Gasteiger partial charge >= 0.3 is 0 Å². The van der Waals surface area contributed by atoms with Gasteiger partial charge in [0.05, 0.1) is 16.6 Å². The van der Waals surface area contributed by atoms with Gasteiger partial charge in [-0.25, -0.2) is 5.01 Å². The van der Waals surface area contributed by atoms with E-state index in [2.05, 4.69) is 44.6 Å². The summed E-state index contributed by atoms with van der Waals surface area (Å²) in [6, 6.07) is 19.7. The number of likely N-dealkylation sites (N-methyl/N-ethyl adjacent to an activating group) is 1. The molecule has 196 valence electrons. The Labute approximate surface area is 226 Å². The fourth-order valence-corrected chi connectivity index (χ4v) is 6.63. The molecule has 0 unspecified atom stereocenters. The molecule has 2 N–H and O–H groups in total. The van der Waals surface area contributed by atoms with Gasteiger partial charge in [0.2, 0.25) is 0 Å². The molecule has 2 aliphatic rings. The third-order valence-electron chi connectivity index (χ3n) is 7.93. The van der Waals surface area contributed by atoms with Crippen LogP contribution >= 0.6 is 11.3 Å². The number of rotatable bonds is 5. The van der Waals surface area contributed by atoms with Crippen LogP contribution in [0.5, 0.6) is 0 Å². The third kappa shape index (κ3) is 4.56. The van der Waals surface area contributed by atoms with Gasteiger partial charge in [-0.15, -0.1) is 11.3 Å². The summed E-state index contributed by atoms with van der Waals surface area (Å²) in [6.07, 6.45) is 5.27. The third-order valence-corrected chi connectivity index (χ3v) is 8.97. The normalized spacial score (nSPS) is 17.6. The number of thiophene rings is 1. The molecule has 2 fully saturated rings. The van der Waals surface area contributed by atoms with E-state index < -0.39 is 5.54 Å². The van der Waals surface area contributed by atoms with Crippen molar-refractivity contribution in [3.63, 3.8) is 0 Å². The molecule has 1 saturated heterocycles. The molecular weight excluding hydrogens is 496 g/mol. The lowest BCUT2D eigenvalue weighted by Gasteiger charge is -2.41. The highest BCUT2D eigenvalue weighted by atomic mass is 32.1. The molecule has 9 heteroatoms. The topological polar surface area (TPSA) is 84.6 Å². The lowest BCUT2D eigenvalue weighted by atomic mass is 9.87. The van der Waals surface area contributed by atoms with Gasteiger partial charge in [0.1, 0.15) is 4.83 Å². The highest BCUT2D eigenvalue weighted by molar-refractivity contribution is 7.20. The number of fused-ring (bicyclic) bond motifs is 1. The van der Waals surface area contributed by atoms with E-state index in [9.17, 15) is 9.59 Å². The predicted octanol–water partition coefficient (Wildman–Crippen LogP) is 4.63. The number of amides is 2. The molecule has 38 heavy (non-hydrogen) atoms. The minimum absolute atomic E-state index is 0.201. The van der Waals surface area contributed by atoms with Gasteiger partial charge in [0.15, 0.2) is 0 Å². The van der Waals surface area contributed by atoms with Gasteiger partial charge < -0.3 is 9.80 Å². The number of piperazine rings is 1. The summed E-state index contributed by atoms with van der Waals surface area (Å²) in [7, 11) is 2.14. The number of aromatic amines is 1. The number of hydrogen-bond donors (Lipinski definition) is 2. The zero-order chi connectivity index (χ0) is 26.1. The first-order chi connectivity index (χ1) is 18.5. The Balaban J connectivity index is 1.31. The zero-order valence-corrected chi connectivity index (χ0v) is 22.3. The van der Waals surface area contributed by atoms with Gasteiger partial charge in [-0.3, -0.25) is 20.1 Å². The number of aromatic nitrogens is 2. The SMILES string of the molecule is CN1CCN(c2ccc(C(=O)NN(C(=O)c3cc4cn[nH]c4s3)C3(c4ccccc4)CCCC3)cc2)CC1. The molecule has 1 aliphatic carbocycles. The Hall–Kier alpha value is -3.69. The molecule has 0 spiro atoms. The number of hydrogen-bond acceptors (Lipinski definition) is 6. The van der Waals surface area contributed by atoms with Crippen LogP contribution in [-0.4, -0.2) is 65.1 Å². The number of carbonyl (C=O) groups is 2. The number of benzene rings is 2. The van der Waals surface area contributed by atoms with Crippen molar-refractivity contribution in [2.75, 3.05) is 38.1 Å². The molecule has 0 atom stereocenters. The van der Waals surface area contributed by atoms with E-state index in [0.29, 0.717) is 10.4 Å². The summed E-state index contributed by atoms with van der Waals surface area (Å²) < 4.78 is 0. The van der Waals surface area contributed by atoms with Crippen molar-refractivity contribution in [2.24, 2.45) is 0 Å². The smallest absolute Gasteiger partial charge is 0.283 e. The second kappa shape index (κ2) is 10.2. The number of H-pyrrole nitrogens is 1. The summed E-state index contributed by atoms with van der Waals surface area (Å²) in [5.41, 5.74) is 5.14. The van der Waals surface area contributed by atoms with Crippen LogP contribution in [0.25, 0.3) is 10.2 Å². The average molecular weight is 529 g/mol. The standard InChI is InChI=1S/C29H32N6O2S/c1-33-15-17-34(18-16-33)24-11-9-21(10-12-24)26(36)32-35(28(37)25-19-22-20-30-31-27(22)38-25)29(13-5-6-14-29)23-7-3-2-4-8-23/h2-4,7-12,19-20H,5-6,13-18H2,1H3,(H,30,31)(H,32,36). The molecule has 4 aromatic rings. The molecule has 2 amide bonds. The van der Waals surface area contributed by atoms with E-state index in [1.807, 2.05) is 48.5 Å². The van der Waals surface area contributed by atoms with Crippen molar-refractivity contribution in [1.29, 1.82) is 0 Å². The Kier molecular flexibility index (Phi) is 6.63. The lowest BCUT2D eigenvalue weighted by Crippen LogP contribution is -2.57. The van der Waals surface area contributed by atoms with Gasteiger partial charge in [0, 0.05) is 42.8 Å². The average Bonchev–Trinajstić information content (AvgIpc) is 3.70. The van der Waals surface area contributed by atoms with Crippen LogP contribution in [0.4, 0.5) is 5.69 Å². The minimum Gasteiger partial charge on any atom is -0.369 e. The maximum atomic E-state index is 14.1. The first-order valence-corrected chi connectivity index (χ1v) is 14.0. The molecule has 1 saturated carbocycles. The molecule has 1 aliphatic heterocycles. The van der Waals surface area contributed by atoms with E-state index in [1.165, 1.54) is 11.3 Å². The molecule has 0 radical (unpaired) electrons. The first kappa shape index (κ1) is 24.6. The summed E-state index contributed by atoms with van der Waals surface area (Å²) in [5.74, 6) is -0.484. The number of hydrazine groups is 1. The van der Waals surface area contributed by atoms with E-state index >= 15 is 0 Å². The predicted molar refractivity (Wildman–Crippen MR) is 150 cm³/mol. The second-order valence-electron chi connectivity index (χ2n) is 10.3. The number of nitrogens with one attached hydrogen (secondary N) is 2. The number of anilines is 1. The zero-order valence-electron chi connectivity index (χ0n) is 21.5.